The summed E-state index contributed by atoms with van der Waals surface area (Å²) in [7, 11) is 1.83. The van der Waals surface area contributed by atoms with Crippen LogP contribution in [-0.2, 0) is 4.79 Å². The molecule has 4 heteroatoms. The highest BCUT2D eigenvalue weighted by Crippen LogP contribution is 2.24. The summed E-state index contributed by atoms with van der Waals surface area (Å²) in [5.41, 5.74) is 10.3. The summed E-state index contributed by atoms with van der Waals surface area (Å²) in [6.07, 6.45) is 0. The van der Waals surface area contributed by atoms with Gasteiger partial charge in [0.25, 0.3) is 0 Å². The second-order valence-corrected chi connectivity index (χ2v) is 3.33. The lowest BCUT2D eigenvalue weighted by Gasteiger charge is -2.24. The molecule has 0 aliphatic rings. The standard InChI is InChI=1S/C12H17N3O/c1-4-15(14-3)11-8-6-5-7-10(11)9(2)12(13)16/h5-8,14H,2,4H2,1,3H3,(H2,13,16). The van der Waals surface area contributed by atoms with Crippen molar-refractivity contribution in [3.63, 3.8) is 0 Å². The van der Waals surface area contributed by atoms with E-state index in [-0.39, 0.29) is 0 Å². The molecule has 1 rings (SSSR count). The van der Waals surface area contributed by atoms with Gasteiger partial charge in [-0.3, -0.25) is 4.79 Å². The number of primary amides is 1. The Labute approximate surface area is 95.7 Å². The highest BCUT2D eigenvalue weighted by molar-refractivity contribution is 6.19. The zero-order valence-electron chi connectivity index (χ0n) is 9.66. The Balaban J connectivity index is 3.19. The Morgan fingerprint density at radius 1 is 1.50 bits per heavy atom. The quantitative estimate of drug-likeness (QED) is 0.577. The van der Waals surface area contributed by atoms with Crippen LogP contribution in [0.5, 0.6) is 0 Å². The molecule has 16 heavy (non-hydrogen) atoms. The Kier molecular flexibility index (Phi) is 4.08. The van der Waals surface area contributed by atoms with Gasteiger partial charge in [0.2, 0.25) is 5.91 Å². The first-order chi connectivity index (χ1) is 7.61. The molecule has 0 atom stereocenters. The maximum Gasteiger partial charge on any atom is 0.248 e. The largest absolute Gasteiger partial charge is 0.366 e. The van der Waals surface area contributed by atoms with Gasteiger partial charge >= 0.3 is 0 Å². The van der Waals surface area contributed by atoms with Gasteiger partial charge in [0.05, 0.1) is 5.69 Å². The molecule has 0 fully saturated rings. The van der Waals surface area contributed by atoms with Crippen molar-refractivity contribution in [2.75, 3.05) is 18.6 Å². The normalized spacial score (nSPS) is 9.88. The number of anilines is 1. The number of nitrogens with one attached hydrogen (secondary N) is 1. The molecule has 0 aromatic heterocycles. The van der Waals surface area contributed by atoms with Crippen LogP contribution < -0.4 is 16.2 Å². The number of amides is 1. The molecule has 0 spiro atoms. The second-order valence-electron chi connectivity index (χ2n) is 3.33. The first-order valence-electron chi connectivity index (χ1n) is 5.14. The van der Waals surface area contributed by atoms with Crippen LogP contribution in [0.2, 0.25) is 0 Å². The molecular weight excluding hydrogens is 202 g/mol. The summed E-state index contributed by atoms with van der Waals surface area (Å²) in [6, 6.07) is 7.52. The molecule has 0 aliphatic carbocycles. The number of hydrogen-bond acceptors (Lipinski definition) is 3. The Bertz CT molecular complexity index is 397. The monoisotopic (exact) mass is 219 g/mol. The van der Waals surface area contributed by atoms with Crippen molar-refractivity contribution in [1.29, 1.82) is 0 Å². The maximum atomic E-state index is 11.1. The van der Waals surface area contributed by atoms with Crippen LogP contribution in [0, 0.1) is 0 Å². The molecule has 3 N–H and O–H groups in total. The van der Waals surface area contributed by atoms with Gasteiger partial charge in [-0.1, -0.05) is 24.8 Å². The van der Waals surface area contributed by atoms with Crippen LogP contribution in [0.25, 0.3) is 5.57 Å². The topological polar surface area (TPSA) is 58.4 Å². The van der Waals surface area contributed by atoms with E-state index in [0.717, 1.165) is 17.8 Å². The predicted octanol–water partition coefficient (Wildman–Crippen LogP) is 1.15. The molecule has 0 bridgehead atoms. The molecule has 0 unspecified atom stereocenters. The summed E-state index contributed by atoms with van der Waals surface area (Å²) in [6.45, 7) is 6.50. The number of hydrazine groups is 1. The molecule has 1 aromatic carbocycles. The highest BCUT2D eigenvalue weighted by Gasteiger charge is 2.13. The molecule has 0 saturated carbocycles. The molecular formula is C12H17N3O. The zero-order valence-corrected chi connectivity index (χ0v) is 9.66. The smallest absolute Gasteiger partial charge is 0.248 e. The van der Waals surface area contributed by atoms with E-state index < -0.39 is 5.91 Å². The summed E-state index contributed by atoms with van der Waals surface area (Å²) < 4.78 is 0. The molecule has 0 aliphatic heterocycles. The number of para-hydroxylation sites is 1. The first kappa shape index (κ1) is 12.3. The van der Waals surface area contributed by atoms with Gasteiger partial charge in [0.15, 0.2) is 0 Å². The molecule has 4 nitrogen and oxygen atoms in total. The fourth-order valence-electron chi connectivity index (χ4n) is 1.55. The molecule has 86 valence electrons. The summed E-state index contributed by atoms with van der Waals surface area (Å²) >= 11 is 0. The van der Waals surface area contributed by atoms with Gasteiger partial charge in [-0.25, -0.2) is 5.43 Å². The zero-order chi connectivity index (χ0) is 12.1. The van der Waals surface area contributed by atoms with Gasteiger partial charge in [-0.2, -0.15) is 0 Å². The van der Waals surface area contributed by atoms with Gasteiger partial charge in [-0.15, -0.1) is 0 Å². The van der Waals surface area contributed by atoms with Crippen LogP contribution >= 0.6 is 0 Å². The van der Waals surface area contributed by atoms with Gasteiger partial charge < -0.3 is 10.7 Å². The van der Waals surface area contributed by atoms with E-state index in [2.05, 4.69) is 12.0 Å². The minimum absolute atomic E-state index is 0.323. The van der Waals surface area contributed by atoms with E-state index in [9.17, 15) is 4.79 Å². The summed E-state index contributed by atoms with van der Waals surface area (Å²) in [4.78, 5) is 11.1. The third kappa shape index (κ3) is 2.41. The third-order valence-corrected chi connectivity index (χ3v) is 2.40. The van der Waals surface area contributed by atoms with Crippen molar-refractivity contribution in [2.24, 2.45) is 5.73 Å². The van der Waals surface area contributed by atoms with Gasteiger partial charge in [0.1, 0.15) is 0 Å². The number of nitrogens with two attached hydrogens (primary N) is 1. The van der Waals surface area contributed by atoms with Crippen LogP contribution in [0.15, 0.2) is 30.8 Å². The first-order valence-corrected chi connectivity index (χ1v) is 5.14. The van der Waals surface area contributed by atoms with Crippen LogP contribution in [0.4, 0.5) is 5.69 Å². The van der Waals surface area contributed by atoms with E-state index in [0.29, 0.717) is 5.57 Å². The van der Waals surface area contributed by atoms with Crippen LogP contribution in [0.1, 0.15) is 12.5 Å². The van der Waals surface area contributed by atoms with E-state index in [1.165, 1.54) is 0 Å². The Morgan fingerprint density at radius 2 is 2.12 bits per heavy atom. The molecule has 1 aromatic rings. The fourth-order valence-corrected chi connectivity index (χ4v) is 1.55. The average molecular weight is 219 g/mol. The molecule has 0 radical (unpaired) electrons. The minimum atomic E-state index is -0.500. The van der Waals surface area contributed by atoms with Crippen molar-refractivity contribution in [3.05, 3.63) is 36.4 Å². The number of benzene rings is 1. The number of carbonyl (C=O) groups is 1. The van der Waals surface area contributed by atoms with Crippen LogP contribution in [-0.4, -0.2) is 19.5 Å². The summed E-state index contributed by atoms with van der Waals surface area (Å²) in [5, 5.41) is 1.92. The van der Waals surface area contributed by atoms with E-state index >= 15 is 0 Å². The average Bonchev–Trinajstić information content (AvgIpc) is 2.30. The van der Waals surface area contributed by atoms with E-state index in [1.54, 1.807) is 0 Å². The molecule has 0 saturated heterocycles. The maximum absolute atomic E-state index is 11.1. The Morgan fingerprint density at radius 3 is 2.62 bits per heavy atom. The number of rotatable bonds is 5. The third-order valence-electron chi connectivity index (χ3n) is 2.40. The van der Waals surface area contributed by atoms with E-state index in [1.807, 2.05) is 43.2 Å². The number of hydrogen-bond donors (Lipinski definition) is 2. The van der Waals surface area contributed by atoms with Crippen molar-refractivity contribution < 1.29 is 4.79 Å². The molecule has 0 heterocycles. The van der Waals surface area contributed by atoms with Crippen molar-refractivity contribution >= 4 is 17.2 Å². The highest BCUT2D eigenvalue weighted by atomic mass is 16.1. The molecule has 1 amide bonds. The van der Waals surface area contributed by atoms with Crippen LogP contribution in [0.3, 0.4) is 0 Å². The SMILES string of the molecule is C=C(C(N)=O)c1ccccc1N(CC)NC. The number of nitrogens with zero attached hydrogens (tertiary/aromatic N) is 1. The lowest BCUT2D eigenvalue weighted by atomic mass is 10.0. The predicted molar refractivity (Wildman–Crippen MR) is 66.8 cm³/mol. The lowest BCUT2D eigenvalue weighted by molar-refractivity contribution is -0.112. The Hall–Kier alpha value is -1.81. The number of carbonyl (C=O) groups excluding carboxylic acids is 1. The summed E-state index contributed by atoms with van der Waals surface area (Å²) in [5.74, 6) is -0.500. The fraction of sp³-hybridized carbons (Fsp3) is 0.250. The van der Waals surface area contributed by atoms with E-state index in [4.69, 9.17) is 5.73 Å². The minimum Gasteiger partial charge on any atom is -0.366 e. The van der Waals surface area contributed by atoms with Crippen molar-refractivity contribution in [3.8, 4) is 0 Å². The van der Waals surface area contributed by atoms with Gasteiger partial charge in [-0.05, 0) is 13.0 Å². The lowest BCUT2D eigenvalue weighted by Crippen LogP contribution is -2.35. The van der Waals surface area contributed by atoms with Crippen molar-refractivity contribution in [2.45, 2.75) is 6.92 Å². The second kappa shape index (κ2) is 5.32. The van der Waals surface area contributed by atoms with Crippen molar-refractivity contribution in [1.82, 2.24) is 5.43 Å². The van der Waals surface area contributed by atoms with Gasteiger partial charge in [0, 0.05) is 24.7 Å².